The van der Waals surface area contributed by atoms with Crippen LogP contribution in [0.4, 0.5) is 0 Å². The highest BCUT2D eigenvalue weighted by molar-refractivity contribution is 6.06. The summed E-state index contributed by atoms with van der Waals surface area (Å²) >= 11 is 0. The second kappa shape index (κ2) is 5.08. The molecule has 2 aromatic rings. The van der Waals surface area contributed by atoms with Gasteiger partial charge in [0, 0.05) is 5.56 Å². The zero-order chi connectivity index (χ0) is 11.2. The lowest BCUT2D eigenvalue weighted by molar-refractivity contribution is 0.104. The summed E-state index contributed by atoms with van der Waals surface area (Å²) in [5, 5.41) is 0. The third kappa shape index (κ3) is 2.67. The largest absolute Gasteiger partial charge is 0.289 e. The van der Waals surface area contributed by atoms with Crippen LogP contribution in [0.5, 0.6) is 0 Å². The van der Waals surface area contributed by atoms with Crippen molar-refractivity contribution in [1.82, 2.24) is 0 Å². The first kappa shape index (κ1) is 10.4. The molecular weight excluding hydrogens is 198 g/mol. The molecule has 0 fully saturated rings. The van der Waals surface area contributed by atoms with Crippen LogP contribution in [0.2, 0.25) is 0 Å². The fourth-order valence-corrected chi connectivity index (χ4v) is 1.43. The maximum Gasteiger partial charge on any atom is 0.185 e. The molecule has 0 aliphatic rings. The Morgan fingerprint density at radius 2 is 1.56 bits per heavy atom. The Labute approximate surface area is 95.1 Å². The predicted octanol–water partition coefficient (Wildman–Crippen LogP) is 3.58. The molecule has 1 nitrogen and oxygen atoms in total. The average Bonchev–Trinajstić information content (AvgIpc) is 2.38. The molecule has 0 saturated carbocycles. The number of benzene rings is 2. The summed E-state index contributed by atoms with van der Waals surface area (Å²) in [6, 6.07) is 19.1. The molecule has 0 unspecified atom stereocenters. The van der Waals surface area contributed by atoms with Crippen molar-refractivity contribution in [2.24, 2.45) is 0 Å². The first-order chi connectivity index (χ1) is 7.86. The number of carbonyl (C=O) groups is 1. The van der Waals surface area contributed by atoms with Gasteiger partial charge in [0.15, 0.2) is 5.78 Å². The molecule has 78 valence electrons. The van der Waals surface area contributed by atoms with E-state index in [1.165, 1.54) is 0 Å². The number of carbonyl (C=O) groups excluding carboxylic acids is 1. The van der Waals surface area contributed by atoms with Crippen LogP contribution in [0.15, 0.2) is 66.7 Å². The van der Waals surface area contributed by atoms with Gasteiger partial charge in [-0.25, -0.2) is 0 Å². The SMILES string of the molecule is O=C(C=C[14c]1ccccc1)c1ccccc1. The van der Waals surface area contributed by atoms with Gasteiger partial charge in [-0.3, -0.25) is 4.79 Å². The van der Waals surface area contributed by atoms with Crippen LogP contribution in [-0.4, -0.2) is 5.78 Å². The van der Waals surface area contributed by atoms with E-state index in [1.807, 2.05) is 66.7 Å². The van der Waals surface area contributed by atoms with E-state index in [-0.39, 0.29) is 5.78 Å². The number of hydrogen-bond acceptors (Lipinski definition) is 1. The molecule has 16 heavy (non-hydrogen) atoms. The molecule has 1 heteroatoms. The van der Waals surface area contributed by atoms with Gasteiger partial charge in [0.05, 0.1) is 0 Å². The summed E-state index contributed by atoms with van der Waals surface area (Å²) in [6.45, 7) is 0. The molecule has 0 heterocycles. The Kier molecular flexibility index (Phi) is 3.29. The topological polar surface area (TPSA) is 17.1 Å². The second-order valence-corrected chi connectivity index (χ2v) is 3.47. The van der Waals surface area contributed by atoms with Crippen LogP contribution in [0.3, 0.4) is 0 Å². The number of hydrogen-bond donors (Lipinski definition) is 0. The van der Waals surface area contributed by atoms with E-state index >= 15 is 0 Å². The third-order valence-electron chi connectivity index (χ3n) is 2.29. The lowest BCUT2D eigenvalue weighted by Crippen LogP contribution is -1.92. The van der Waals surface area contributed by atoms with E-state index in [0.29, 0.717) is 0 Å². The Balaban J connectivity index is 2.12. The number of allylic oxidation sites excluding steroid dienone is 1. The first-order valence-electron chi connectivity index (χ1n) is 5.19. The van der Waals surface area contributed by atoms with Crippen molar-refractivity contribution in [3.8, 4) is 0 Å². The molecule has 0 aliphatic heterocycles. The average molecular weight is 210 g/mol. The standard InChI is InChI=1S/C15H12O/c16-15(14-9-5-2-6-10-14)12-11-13-7-3-1-4-8-13/h1-12H/i13+2. The van der Waals surface area contributed by atoms with Crippen LogP contribution >= 0.6 is 0 Å². The fourth-order valence-electron chi connectivity index (χ4n) is 1.43. The molecule has 0 aliphatic carbocycles. The van der Waals surface area contributed by atoms with Gasteiger partial charge in [-0.15, -0.1) is 0 Å². The van der Waals surface area contributed by atoms with Gasteiger partial charge in [0.2, 0.25) is 0 Å². The van der Waals surface area contributed by atoms with Crippen molar-refractivity contribution in [2.75, 3.05) is 0 Å². The normalized spacial score (nSPS) is 10.5. The van der Waals surface area contributed by atoms with E-state index in [2.05, 4.69) is 0 Å². The highest BCUT2D eigenvalue weighted by Gasteiger charge is 1.98. The van der Waals surface area contributed by atoms with Crippen molar-refractivity contribution < 1.29 is 4.79 Å². The Morgan fingerprint density at radius 3 is 2.25 bits per heavy atom. The van der Waals surface area contributed by atoms with Gasteiger partial charge >= 0.3 is 0 Å². The Hall–Kier alpha value is -2.15. The van der Waals surface area contributed by atoms with Crippen LogP contribution < -0.4 is 0 Å². The van der Waals surface area contributed by atoms with E-state index in [0.717, 1.165) is 11.1 Å². The highest BCUT2D eigenvalue weighted by atomic mass is 16.1. The summed E-state index contributed by atoms with van der Waals surface area (Å²) in [5.74, 6) is 0.0319. The summed E-state index contributed by atoms with van der Waals surface area (Å²) in [7, 11) is 0. The monoisotopic (exact) mass is 210 g/mol. The molecule has 0 N–H and O–H groups in total. The van der Waals surface area contributed by atoms with Crippen LogP contribution in [0.25, 0.3) is 6.08 Å². The summed E-state index contributed by atoms with van der Waals surface area (Å²) in [6.07, 6.45) is 3.43. The van der Waals surface area contributed by atoms with Crippen LogP contribution in [-0.2, 0) is 0 Å². The summed E-state index contributed by atoms with van der Waals surface area (Å²) in [5.41, 5.74) is 1.75. The Morgan fingerprint density at radius 1 is 0.938 bits per heavy atom. The number of rotatable bonds is 3. The first-order valence-corrected chi connectivity index (χ1v) is 5.19. The highest BCUT2D eigenvalue weighted by Crippen LogP contribution is 2.05. The van der Waals surface area contributed by atoms with Gasteiger partial charge in [-0.1, -0.05) is 66.7 Å². The molecule has 0 atom stereocenters. The van der Waals surface area contributed by atoms with E-state index < -0.39 is 0 Å². The molecule has 0 bridgehead atoms. The van der Waals surface area contributed by atoms with Crippen molar-refractivity contribution in [1.29, 1.82) is 0 Å². The van der Waals surface area contributed by atoms with Gasteiger partial charge in [-0.05, 0) is 11.6 Å². The fraction of sp³-hybridized carbons (Fsp3) is 0. The minimum Gasteiger partial charge on any atom is -0.289 e. The summed E-state index contributed by atoms with van der Waals surface area (Å²) < 4.78 is 0. The number of ketones is 1. The van der Waals surface area contributed by atoms with E-state index in [1.54, 1.807) is 6.08 Å². The smallest absolute Gasteiger partial charge is 0.185 e. The molecule has 0 spiro atoms. The lowest BCUT2D eigenvalue weighted by Gasteiger charge is -1.94. The molecular formula is C15H12O. The molecule has 0 aromatic heterocycles. The van der Waals surface area contributed by atoms with Gasteiger partial charge < -0.3 is 0 Å². The molecule has 2 aromatic carbocycles. The van der Waals surface area contributed by atoms with Crippen molar-refractivity contribution >= 4 is 11.9 Å². The predicted molar refractivity (Wildman–Crippen MR) is 66.2 cm³/mol. The third-order valence-corrected chi connectivity index (χ3v) is 2.29. The minimum absolute atomic E-state index is 0.0319. The van der Waals surface area contributed by atoms with E-state index in [4.69, 9.17) is 0 Å². The van der Waals surface area contributed by atoms with Crippen molar-refractivity contribution in [3.05, 3.63) is 77.9 Å². The zero-order valence-electron chi connectivity index (χ0n) is 8.84. The van der Waals surface area contributed by atoms with Gasteiger partial charge in [0.1, 0.15) is 0 Å². The zero-order valence-corrected chi connectivity index (χ0v) is 8.84. The van der Waals surface area contributed by atoms with Crippen molar-refractivity contribution in [2.45, 2.75) is 0 Å². The molecule has 0 radical (unpaired) electrons. The summed E-state index contributed by atoms with van der Waals surface area (Å²) in [4.78, 5) is 11.7. The van der Waals surface area contributed by atoms with Gasteiger partial charge in [0.25, 0.3) is 0 Å². The molecule has 0 amide bonds. The lowest BCUT2D eigenvalue weighted by atomic mass is 10.1. The van der Waals surface area contributed by atoms with E-state index in [9.17, 15) is 4.79 Å². The quantitative estimate of drug-likeness (QED) is 0.559. The maximum absolute atomic E-state index is 11.7. The van der Waals surface area contributed by atoms with Gasteiger partial charge in [-0.2, -0.15) is 0 Å². The second-order valence-electron chi connectivity index (χ2n) is 3.47. The minimum atomic E-state index is 0.0319. The molecule has 2 rings (SSSR count). The van der Waals surface area contributed by atoms with Crippen LogP contribution in [0, 0.1) is 0 Å². The maximum atomic E-state index is 11.7. The Bertz CT molecular complexity index is 483. The van der Waals surface area contributed by atoms with Crippen molar-refractivity contribution in [3.63, 3.8) is 0 Å². The van der Waals surface area contributed by atoms with Crippen LogP contribution in [0.1, 0.15) is 15.9 Å². The molecule has 0 saturated heterocycles.